The van der Waals surface area contributed by atoms with Crippen molar-refractivity contribution >= 4 is 17.3 Å². The molecule has 0 saturated carbocycles. The normalized spacial score (nSPS) is 15.2. The van der Waals surface area contributed by atoms with Crippen molar-refractivity contribution in [2.75, 3.05) is 0 Å². The summed E-state index contributed by atoms with van der Waals surface area (Å²) in [6.45, 7) is 2.10. The summed E-state index contributed by atoms with van der Waals surface area (Å²) in [4.78, 5) is 14.8. The zero-order valence-corrected chi connectivity index (χ0v) is 15.9. The Morgan fingerprint density at radius 2 is 2.11 bits per heavy atom. The van der Waals surface area contributed by atoms with Crippen LogP contribution < -0.4 is 33.4 Å². The number of carboxylic acid groups (broad SMARTS) is 1. The molecular weight excluding hydrogens is 357 g/mol. The number of hydrogen-bond donors (Lipinski definition) is 0. The summed E-state index contributed by atoms with van der Waals surface area (Å²) in [5, 5.41) is 11.1. The van der Waals surface area contributed by atoms with Gasteiger partial charge in [0, 0.05) is 0 Å². The quantitative estimate of drug-likeness (QED) is 0.629. The molecule has 0 bridgehead atoms. The number of thiazole rings is 1. The van der Waals surface area contributed by atoms with Gasteiger partial charge in [0.15, 0.2) is 0 Å². The van der Waals surface area contributed by atoms with Crippen LogP contribution in [0, 0.1) is 6.92 Å². The fraction of sp³-hybridized carbons (Fsp3) is 0.200. The van der Waals surface area contributed by atoms with Gasteiger partial charge in [-0.2, -0.15) is 0 Å². The van der Waals surface area contributed by atoms with Crippen molar-refractivity contribution < 1.29 is 38.2 Å². The fourth-order valence-electron chi connectivity index (χ4n) is 3.10. The summed E-state index contributed by atoms with van der Waals surface area (Å²) in [7, 11) is 0. The summed E-state index contributed by atoms with van der Waals surface area (Å²) < 4.78 is 11.9. The molecule has 0 aliphatic carbocycles. The average molecular weight is 373 g/mol. The molecule has 1 unspecified atom stereocenters. The molecule has 132 valence electrons. The smallest absolute Gasteiger partial charge is 0.544 e. The van der Waals surface area contributed by atoms with Crippen LogP contribution in [-0.4, -0.2) is 11.0 Å². The SMILES string of the molecule is Cc1ccccc1C1CCc2cc(Oc3ncc(C(=O)[O-])s3)ccc2O1.[Li+]. The van der Waals surface area contributed by atoms with Crippen LogP contribution in [0.4, 0.5) is 0 Å². The second kappa shape index (κ2) is 8.18. The first-order valence-corrected chi connectivity index (χ1v) is 9.12. The first kappa shape index (κ1) is 19.5. The molecule has 0 N–H and O–H groups in total. The summed E-state index contributed by atoms with van der Waals surface area (Å²) in [6.07, 6.45) is 3.07. The Labute approximate surface area is 173 Å². The van der Waals surface area contributed by atoms with Crippen LogP contribution >= 0.6 is 11.3 Å². The van der Waals surface area contributed by atoms with Crippen molar-refractivity contribution in [2.45, 2.75) is 25.9 Å². The number of carbonyl (C=O) groups is 1. The van der Waals surface area contributed by atoms with Gasteiger partial charge < -0.3 is 19.4 Å². The molecule has 0 radical (unpaired) electrons. The number of carbonyl (C=O) groups excluding carboxylic acids is 1. The van der Waals surface area contributed by atoms with E-state index in [1.54, 1.807) is 6.07 Å². The zero-order chi connectivity index (χ0) is 18.1. The molecule has 3 aromatic rings. The van der Waals surface area contributed by atoms with Gasteiger partial charge in [-0.1, -0.05) is 35.6 Å². The Bertz CT molecular complexity index is 972. The fourth-order valence-corrected chi connectivity index (χ4v) is 3.72. The molecule has 1 aromatic heterocycles. The van der Waals surface area contributed by atoms with Gasteiger partial charge in [0.1, 0.15) is 17.6 Å². The number of fused-ring (bicyclic) bond motifs is 1. The number of benzene rings is 2. The van der Waals surface area contributed by atoms with Crippen molar-refractivity contribution in [3.63, 3.8) is 0 Å². The van der Waals surface area contributed by atoms with E-state index in [-0.39, 0.29) is 35.0 Å². The molecule has 0 saturated heterocycles. The van der Waals surface area contributed by atoms with Crippen molar-refractivity contribution in [1.82, 2.24) is 4.98 Å². The van der Waals surface area contributed by atoms with Gasteiger partial charge >= 0.3 is 18.9 Å². The van der Waals surface area contributed by atoms with Crippen LogP contribution in [0.1, 0.15) is 38.9 Å². The van der Waals surface area contributed by atoms with Crippen LogP contribution in [-0.2, 0) is 6.42 Å². The molecule has 4 rings (SSSR count). The minimum Gasteiger partial charge on any atom is -0.544 e. The first-order chi connectivity index (χ1) is 12.6. The van der Waals surface area contributed by atoms with Gasteiger partial charge in [0.05, 0.1) is 17.0 Å². The zero-order valence-electron chi connectivity index (χ0n) is 15.1. The van der Waals surface area contributed by atoms with Crippen molar-refractivity contribution in [3.8, 4) is 16.7 Å². The maximum absolute atomic E-state index is 10.8. The van der Waals surface area contributed by atoms with E-state index in [1.807, 2.05) is 24.3 Å². The second-order valence-corrected chi connectivity index (χ2v) is 7.14. The van der Waals surface area contributed by atoms with E-state index in [0.29, 0.717) is 5.75 Å². The van der Waals surface area contributed by atoms with Gasteiger partial charge in [0.2, 0.25) is 0 Å². The molecular formula is C20H16LiNO4S. The van der Waals surface area contributed by atoms with Crippen molar-refractivity contribution in [1.29, 1.82) is 0 Å². The van der Waals surface area contributed by atoms with E-state index in [9.17, 15) is 9.90 Å². The number of rotatable bonds is 4. The number of ether oxygens (including phenoxy) is 2. The monoisotopic (exact) mass is 373 g/mol. The van der Waals surface area contributed by atoms with E-state index >= 15 is 0 Å². The topological polar surface area (TPSA) is 71.5 Å². The van der Waals surface area contributed by atoms with Crippen LogP contribution in [0.15, 0.2) is 48.7 Å². The number of aromatic nitrogens is 1. The molecule has 2 aromatic carbocycles. The molecule has 7 heteroatoms. The van der Waals surface area contributed by atoms with Crippen molar-refractivity contribution in [2.24, 2.45) is 0 Å². The minimum absolute atomic E-state index is 0. The second-order valence-electron chi connectivity index (χ2n) is 6.15. The maximum atomic E-state index is 10.8. The Balaban J connectivity index is 0.00000210. The van der Waals surface area contributed by atoms with E-state index in [0.717, 1.165) is 35.5 Å². The van der Waals surface area contributed by atoms with E-state index in [2.05, 4.69) is 24.0 Å². The van der Waals surface area contributed by atoms with Crippen LogP contribution in [0.3, 0.4) is 0 Å². The van der Waals surface area contributed by atoms with E-state index < -0.39 is 5.97 Å². The number of nitrogens with zero attached hydrogens (tertiary/aromatic N) is 1. The number of hydrogen-bond acceptors (Lipinski definition) is 6. The molecule has 1 aliphatic heterocycles. The van der Waals surface area contributed by atoms with Gasteiger partial charge in [-0.15, -0.1) is 0 Å². The molecule has 2 heterocycles. The summed E-state index contributed by atoms with van der Waals surface area (Å²) in [6, 6.07) is 13.9. The van der Waals surface area contributed by atoms with E-state index in [1.165, 1.54) is 17.3 Å². The minimum atomic E-state index is -1.25. The molecule has 0 fully saturated rings. The Morgan fingerprint density at radius 1 is 1.30 bits per heavy atom. The molecule has 5 nitrogen and oxygen atoms in total. The summed E-state index contributed by atoms with van der Waals surface area (Å²) >= 11 is 0.946. The molecule has 1 atom stereocenters. The molecule has 1 aliphatic rings. The predicted molar refractivity (Wildman–Crippen MR) is 95.8 cm³/mol. The number of aromatic carboxylic acids is 1. The Morgan fingerprint density at radius 3 is 2.85 bits per heavy atom. The van der Waals surface area contributed by atoms with Crippen LogP contribution in [0.5, 0.6) is 16.7 Å². The third-order valence-corrected chi connectivity index (χ3v) is 5.26. The average Bonchev–Trinajstić information content (AvgIpc) is 3.10. The molecule has 27 heavy (non-hydrogen) atoms. The van der Waals surface area contributed by atoms with Gasteiger partial charge in [-0.3, -0.25) is 0 Å². The number of aryl methyl sites for hydroxylation is 2. The Kier molecular flexibility index (Phi) is 5.91. The third kappa shape index (κ3) is 4.19. The molecule has 0 amide bonds. The third-order valence-electron chi connectivity index (χ3n) is 4.40. The predicted octanol–water partition coefficient (Wildman–Crippen LogP) is 0.678. The van der Waals surface area contributed by atoms with Gasteiger partial charge in [0.25, 0.3) is 5.19 Å². The number of carboxylic acids is 1. The van der Waals surface area contributed by atoms with Crippen LogP contribution in [0.2, 0.25) is 0 Å². The standard InChI is InChI=1S/C20H17NO4S.Li/c1-12-4-2-3-5-15(12)17-8-6-13-10-14(7-9-16(13)25-17)24-20-21-11-18(26-20)19(22)23;/h2-5,7,9-11,17H,6,8H2,1H3,(H,22,23);/q;+1/p-1. The van der Waals surface area contributed by atoms with Crippen LogP contribution in [0.25, 0.3) is 0 Å². The molecule has 0 spiro atoms. The maximum Gasteiger partial charge on any atom is 1.00 e. The largest absolute Gasteiger partial charge is 1.00 e. The van der Waals surface area contributed by atoms with Gasteiger partial charge in [-0.05, 0) is 54.7 Å². The first-order valence-electron chi connectivity index (χ1n) is 8.30. The summed E-state index contributed by atoms with van der Waals surface area (Å²) in [5.41, 5.74) is 3.52. The Hall–Kier alpha value is -2.26. The van der Waals surface area contributed by atoms with Gasteiger partial charge in [-0.25, -0.2) is 4.98 Å². The summed E-state index contributed by atoms with van der Waals surface area (Å²) in [5.74, 6) is 0.214. The van der Waals surface area contributed by atoms with E-state index in [4.69, 9.17) is 9.47 Å². The van der Waals surface area contributed by atoms with Crippen molar-refractivity contribution in [3.05, 3.63) is 70.2 Å².